The Labute approximate surface area is 105 Å². The van der Waals surface area contributed by atoms with Gasteiger partial charge in [0.2, 0.25) is 11.9 Å². The molecule has 0 atom stereocenters. The number of nitrogens with one attached hydrogen (secondary N) is 1. The lowest BCUT2D eigenvalue weighted by molar-refractivity contribution is -0.118. The molecule has 0 fully saturated rings. The van der Waals surface area contributed by atoms with Gasteiger partial charge in [-0.25, -0.2) is 4.52 Å². The maximum atomic E-state index is 10.6. The van der Waals surface area contributed by atoms with Crippen molar-refractivity contribution in [3.05, 3.63) is 23.9 Å². The number of carbonyl (C=O) groups excluding carboxylic acids is 1. The number of rotatable bonds is 6. The lowest BCUT2D eigenvalue weighted by Crippen LogP contribution is -2.11. The number of hydrogen-bond acceptors (Lipinski definition) is 4. The number of aryl methyl sites for hydroxylation is 1. The molecule has 2 heterocycles. The quantitative estimate of drug-likeness (QED) is 0.749. The molecule has 1 amide bonds. The average molecular weight is 247 g/mol. The maximum Gasteiger partial charge on any atom is 0.243 e. The van der Waals surface area contributed by atoms with Crippen molar-refractivity contribution in [1.82, 2.24) is 14.6 Å². The summed E-state index contributed by atoms with van der Waals surface area (Å²) < 4.78 is 1.73. The molecule has 2 aromatic heterocycles. The van der Waals surface area contributed by atoms with E-state index in [0.717, 1.165) is 30.6 Å². The summed E-state index contributed by atoms with van der Waals surface area (Å²) in [7, 11) is 0. The summed E-state index contributed by atoms with van der Waals surface area (Å²) in [6.07, 6.45) is 3.97. The number of carbonyl (C=O) groups is 1. The van der Waals surface area contributed by atoms with Gasteiger partial charge in [-0.05, 0) is 37.5 Å². The molecule has 0 aliphatic rings. The lowest BCUT2D eigenvalue weighted by Gasteiger charge is -1.99. The third kappa shape index (κ3) is 3.19. The van der Waals surface area contributed by atoms with Gasteiger partial charge in [-0.1, -0.05) is 0 Å². The van der Waals surface area contributed by atoms with Crippen LogP contribution in [0.25, 0.3) is 5.65 Å². The highest BCUT2D eigenvalue weighted by Crippen LogP contribution is 2.07. The Hall–Kier alpha value is -2.11. The summed E-state index contributed by atoms with van der Waals surface area (Å²) in [5.74, 6) is 0.357. The SMILES string of the molecule is Cc1ccn2nc(NCCCCC(N)=O)nc2c1. The molecule has 6 nitrogen and oxygen atoms in total. The molecule has 2 aromatic rings. The topological polar surface area (TPSA) is 85.3 Å². The number of fused-ring (bicyclic) bond motifs is 1. The molecule has 0 radical (unpaired) electrons. The molecular weight excluding hydrogens is 230 g/mol. The Bertz CT molecular complexity index is 548. The summed E-state index contributed by atoms with van der Waals surface area (Å²) in [6, 6.07) is 3.96. The molecule has 6 heteroatoms. The average Bonchev–Trinajstić information content (AvgIpc) is 2.70. The van der Waals surface area contributed by atoms with Gasteiger partial charge in [0, 0.05) is 19.2 Å². The molecule has 3 N–H and O–H groups in total. The van der Waals surface area contributed by atoms with Crippen LogP contribution in [0.3, 0.4) is 0 Å². The van der Waals surface area contributed by atoms with Crippen molar-refractivity contribution in [1.29, 1.82) is 0 Å². The first-order chi connectivity index (χ1) is 8.65. The van der Waals surface area contributed by atoms with E-state index < -0.39 is 0 Å². The van der Waals surface area contributed by atoms with Crippen LogP contribution in [0.4, 0.5) is 5.95 Å². The van der Waals surface area contributed by atoms with E-state index in [0.29, 0.717) is 12.4 Å². The molecule has 0 aromatic carbocycles. The lowest BCUT2D eigenvalue weighted by atomic mass is 10.2. The Morgan fingerprint density at radius 2 is 2.33 bits per heavy atom. The number of amides is 1. The van der Waals surface area contributed by atoms with Gasteiger partial charge in [-0.15, -0.1) is 5.10 Å². The van der Waals surface area contributed by atoms with Crippen molar-refractivity contribution in [3.63, 3.8) is 0 Å². The summed E-state index contributed by atoms with van der Waals surface area (Å²) in [4.78, 5) is 14.9. The van der Waals surface area contributed by atoms with Gasteiger partial charge in [-0.2, -0.15) is 4.98 Å². The molecule has 0 saturated carbocycles. The van der Waals surface area contributed by atoms with Crippen LogP contribution < -0.4 is 11.1 Å². The summed E-state index contributed by atoms with van der Waals surface area (Å²) in [5, 5.41) is 7.42. The standard InChI is InChI=1S/C12H17N5O/c1-9-5-7-17-11(8-9)15-12(16-17)14-6-3-2-4-10(13)18/h5,7-8H,2-4,6H2,1H3,(H2,13,18)(H,14,16). The third-order valence-electron chi connectivity index (χ3n) is 2.63. The van der Waals surface area contributed by atoms with Crippen LogP contribution in [0.15, 0.2) is 18.3 Å². The minimum Gasteiger partial charge on any atom is -0.370 e. The van der Waals surface area contributed by atoms with E-state index in [1.807, 2.05) is 25.3 Å². The fraction of sp³-hybridized carbons (Fsp3) is 0.417. The van der Waals surface area contributed by atoms with Crippen molar-refractivity contribution in [2.75, 3.05) is 11.9 Å². The van der Waals surface area contributed by atoms with E-state index in [-0.39, 0.29) is 5.91 Å². The predicted molar refractivity (Wildman–Crippen MR) is 69.3 cm³/mol. The van der Waals surface area contributed by atoms with Crippen LogP contribution in [-0.4, -0.2) is 27.0 Å². The number of anilines is 1. The fourth-order valence-electron chi connectivity index (χ4n) is 1.68. The zero-order valence-corrected chi connectivity index (χ0v) is 10.4. The Kier molecular flexibility index (Phi) is 3.76. The van der Waals surface area contributed by atoms with Crippen molar-refractivity contribution < 1.29 is 4.79 Å². The number of hydrogen-bond donors (Lipinski definition) is 2. The predicted octanol–water partition coefficient (Wildman–Crippen LogP) is 1.11. The second-order valence-electron chi connectivity index (χ2n) is 4.29. The highest BCUT2D eigenvalue weighted by atomic mass is 16.1. The summed E-state index contributed by atoms with van der Waals surface area (Å²) in [5.41, 5.74) is 7.05. The first-order valence-electron chi connectivity index (χ1n) is 6.00. The number of unbranched alkanes of at least 4 members (excludes halogenated alkanes) is 1. The molecule has 2 rings (SSSR count). The molecule has 18 heavy (non-hydrogen) atoms. The minimum atomic E-state index is -0.253. The van der Waals surface area contributed by atoms with Crippen LogP contribution >= 0.6 is 0 Å². The van der Waals surface area contributed by atoms with Gasteiger partial charge in [0.25, 0.3) is 0 Å². The number of primary amides is 1. The van der Waals surface area contributed by atoms with Crippen LogP contribution in [0.5, 0.6) is 0 Å². The first kappa shape index (κ1) is 12.3. The molecule has 0 saturated heterocycles. The van der Waals surface area contributed by atoms with Gasteiger partial charge >= 0.3 is 0 Å². The minimum absolute atomic E-state index is 0.253. The van der Waals surface area contributed by atoms with E-state index in [2.05, 4.69) is 15.4 Å². The largest absolute Gasteiger partial charge is 0.370 e. The van der Waals surface area contributed by atoms with E-state index in [9.17, 15) is 4.79 Å². The highest BCUT2D eigenvalue weighted by molar-refractivity contribution is 5.73. The van der Waals surface area contributed by atoms with Crippen LogP contribution in [0.2, 0.25) is 0 Å². The fourth-order valence-corrected chi connectivity index (χ4v) is 1.68. The molecule has 0 aliphatic carbocycles. The van der Waals surface area contributed by atoms with Crippen molar-refractivity contribution in [3.8, 4) is 0 Å². The zero-order valence-electron chi connectivity index (χ0n) is 10.4. The van der Waals surface area contributed by atoms with E-state index in [1.54, 1.807) is 4.52 Å². The molecule has 96 valence electrons. The monoisotopic (exact) mass is 247 g/mol. The molecular formula is C12H17N5O. The number of nitrogens with two attached hydrogens (primary N) is 1. The molecule has 0 spiro atoms. The van der Waals surface area contributed by atoms with Gasteiger partial charge in [0.15, 0.2) is 5.65 Å². The number of nitrogens with zero attached hydrogens (tertiary/aromatic N) is 3. The molecule has 0 unspecified atom stereocenters. The molecule has 0 bridgehead atoms. The Balaban J connectivity index is 1.86. The van der Waals surface area contributed by atoms with Gasteiger partial charge in [0.05, 0.1) is 0 Å². The van der Waals surface area contributed by atoms with Crippen LogP contribution in [0.1, 0.15) is 24.8 Å². The van der Waals surface area contributed by atoms with E-state index in [4.69, 9.17) is 5.73 Å². The van der Waals surface area contributed by atoms with Crippen LogP contribution in [-0.2, 0) is 4.79 Å². The number of pyridine rings is 1. The zero-order chi connectivity index (χ0) is 13.0. The van der Waals surface area contributed by atoms with E-state index >= 15 is 0 Å². The maximum absolute atomic E-state index is 10.6. The highest BCUT2D eigenvalue weighted by Gasteiger charge is 2.02. The van der Waals surface area contributed by atoms with Crippen molar-refractivity contribution >= 4 is 17.5 Å². The Morgan fingerprint density at radius 1 is 1.50 bits per heavy atom. The van der Waals surface area contributed by atoms with Gasteiger partial charge in [0.1, 0.15) is 0 Å². The normalized spacial score (nSPS) is 10.7. The number of aromatic nitrogens is 3. The molecule has 0 aliphatic heterocycles. The van der Waals surface area contributed by atoms with Crippen molar-refractivity contribution in [2.45, 2.75) is 26.2 Å². The second-order valence-corrected chi connectivity index (χ2v) is 4.29. The summed E-state index contributed by atoms with van der Waals surface area (Å²) >= 11 is 0. The third-order valence-corrected chi connectivity index (χ3v) is 2.63. The smallest absolute Gasteiger partial charge is 0.243 e. The van der Waals surface area contributed by atoms with Crippen LogP contribution in [0, 0.1) is 6.92 Å². The first-order valence-corrected chi connectivity index (χ1v) is 6.00. The second kappa shape index (κ2) is 5.48. The van der Waals surface area contributed by atoms with Gasteiger partial charge < -0.3 is 11.1 Å². The van der Waals surface area contributed by atoms with Crippen molar-refractivity contribution in [2.24, 2.45) is 5.73 Å². The summed E-state index contributed by atoms with van der Waals surface area (Å²) in [6.45, 7) is 2.76. The van der Waals surface area contributed by atoms with E-state index in [1.165, 1.54) is 0 Å². The van der Waals surface area contributed by atoms with Gasteiger partial charge in [-0.3, -0.25) is 4.79 Å². The Morgan fingerprint density at radius 3 is 3.11 bits per heavy atom.